The molecular formula is C14H19NO5S. The zero-order valence-electron chi connectivity index (χ0n) is 11.8. The Morgan fingerprint density at radius 1 is 1.05 bits per heavy atom. The minimum Gasteiger partial charge on any atom is -0.481 e. The molecule has 0 aliphatic heterocycles. The minimum atomic E-state index is -3.83. The van der Waals surface area contributed by atoms with Crippen molar-refractivity contribution in [3.05, 3.63) is 29.8 Å². The molecule has 0 saturated heterocycles. The van der Waals surface area contributed by atoms with Gasteiger partial charge in [0.15, 0.2) is 0 Å². The van der Waals surface area contributed by atoms with Gasteiger partial charge in [-0.1, -0.05) is 24.1 Å². The summed E-state index contributed by atoms with van der Waals surface area (Å²) in [6.07, 6.45) is 1.63. The molecule has 0 radical (unpaired) electrons. The summed E-state index contributed by atoms with van der Waals surface area (Å²) in [6, 6.07) is 6.20. The average molecular weight is 313 g/mol. The quantitative estimate of drug-likeness (QED) is 0.713. The number of sulfonamides is 1. The fourth-order valence-corrected chi connectivity index (χ4v) is 2.73. The van der Waals surface area contributed by atoms with Gasteiger partial charge in [-0.2, -0.15) is 0 Å². The number of amides is 1. The molecule has 1 amide bonds. The van der Waals surface area contributed by atoms with E-state index in [-0.39, 0.29) is 17.7 Å². The van der Waals surface area contributed by atoms with Crippen LogP contribution in [0.25, 0.3) is 0 Å². The second kappa shape index (κ2) is 7.78. The summed E-state index contributed by atoms with van der Waals surface area (Å²) >= 11 is 0. The highest BCUT2D eigenvalue weighted by atomic mass is 32.2. The van der Waals surface area contributed by atoms with Crippen LogP contribution in [0.5, 0.6) is 0 Å². The van der Waals surface area contributed by atoms with Crippen molar-refractivity contribution in [3.63, 3.8) is 0 Å². The molecule has 0 atom stereocenters. The molecule has 0 bridgehead atoms. The maximum absolute atomic E-state index is 11.9. The van der Waals surface area contributed by atoms with E-state index in [1.165, 1.54) is 12.1 Å². The summed E-state index contributed by atoms with van der Waals surface area (Å²) in [6.45, 7) is 1.84. The van der Waals surface area contributed by atoms with Crippen LogP contribution in [0.4, 0.5) is 0 Å². The van der Waals surface area contributed by atoms with Crippen molar-refractivity contribution >= 4 is 21.9 Å². The number of hydrogen-bond acceptors (Lipinski definition) is 4. The van der Waals surface area contributed by atoms with Gasteiger partial charge in [0.2, 0.25) is 5.91 Å². The van der Waals surface area contributed by atoms with E-state index >= 15 is 0 Å². The third kappa shape index (κ3) is 6.40. The molecule has 116 valence electrons. The third-order valence-electron chi connectivity index (χ3n) is 2.87. The highest BCUT2D eigenvalue weighted by Crippen LogP contribution is 2.10. The Hall–Kier alpha value is -1.89. The maximum atomic E-state index is 11.9. The molecule has 0 spiro atoms. The van der Waals surface area contributed by atoms with Gasteiger partial charge < -0.3 is 5.11 Å². The second-order valence-corrected chi connectivity index (χ2v) is 6.48. The molecule has 2 N–H and O–H groups in total. The summed E-state index contributed by atoms with van der Waals surface area (Å²) < 4.78 is 25.9. The number of rotatable bonds is 8. The molecular weight excluding hydrogens is 294 g/mol. The van der Waals surface area contributed by atoms with Crippen molar-refractivity contribution in [3.8, 4) is 0 Å². The Morgan fingerprint density at radius 2 is 1.62 bits per heavy atom. The fraction of sp³-hybridized carbons (Fsp3) is 0.429. The van der Waals surface area contributed by atoms with Crippen LogP contribution in [0, 0.1) is 6.92 Å². The van der Waals surface area contributed by atoms with Gasteiger partial charge in [-0.15, -0.1) is 0 Å². The minimum absolute atomic E-state index is 0.0485. The van der Waals surface area contributed by atoms with Crippen LogP contribution >= 0.6 is 0 Å². The van der Waals surface area contributed by atoms with Crippen LogP contribution in [0.15, 0.2) is 29.2 Å². The van der Waals surface area contributed by atoms with Crippen LogP contribution < -0.4 is 4.72 Å². The standard InChI is InChI=1S/C14H19NO5S/c1-11-7-9-12(10-8-11)21(19,20)15-13(16)5-3-2-4-6-14(17)18/h7-10H,2-6H2,1H3,(H,15,16)(H,17,18). The van der Waals surface area contributed by atoms with E-state index in [0.29, 0.717) is 19.3 Å². The Morgan fingerprint density at radius 3 is 2.19 bits per heavy atom. The molecule has 1 aromatic rings. The molecule has 7 heteroatoms. The number of carbonyl (C=O) groups excluding carboxylic acids is 1. The largest absolute Gasteiger partial charge is 0.481 e. The van der Waals surface area contributed by atoms with Crippen LogP contribution in [0.3, 0.4) is 0 Å². The van der Waals surface area contributed by atoms with E-state index < -0.39 is 21.9 Å². The summed E-state index contributed by atoms with van der Waals surface area (Å²) in [5.41, 5.74) is 0.929. The predicted molar refractivity (Wildman–Crippen MR) is 77.2 cm³/mol. The molecule has 0 fully saturated rings. The van der Waals surface area contributed by atoms with Crippen molar-refractivity contribution in [2.75, 3.05) is 0 Å². The first kappa shape index (κ1) is 17.2. The monoisotopic (exact) mass is 313 g/mol. The smallest absolute Gasteiger partial charge is 0.303 e. The van der Waals surface area contributed by atoms with Crippen molar-refractivity contribution in [1.82, 2.24) is 4.72 Å². The number of carboxylic acids is 1. The topological polar surface area (TPSA) is 101 Å². The molecule has 0 aliphatic carbocycles. The predicted octanol–water partition coefficient (Wildman–Crippen LogP) is 1.84. The highest BCUT2D eigenvalue weighted by molar-refractivity contribution is 7.90. The second-order valence-electron chi connectivity index (χ2n) is 4.80. The van der Waals surface area contributed by atoms with Crippen LogP contribution in [-0.4, -0.2) is 25.4 Å². The SMILES string of the molecule is Cc1ccc(S(=O)(=O)NC(=O)CCCCCC(=O)O)cc1. The average Bonchev–Trinajstić information content (AvgIpc) is 2.37. The van der Waals surface area contributed by atoms with E-state index in [9.17, 15) is 18.0 Å². The molecule has 21 heavy (non-hydrogen) atoms. The lowest BCUT2D eigenvalue weighted by Gasteiger charge is -2.07. The number of nitrogens with one attached hydrogen (secondary N) is 1. The molecule has 0 aromatic heterocycles. The summed E-state index contributed by atoms with van der Waals surface area (Å²) in [5.74, 6) is -1.45. The molecule has 0 aliphatic rings. The van der Waals surface area contributed by atoms with Gasteiger partial charge in [0.05, 0.1) is 4.90 Å². The Labute approximate surface area is 124 Å². The lowest BCUT2D eigenvalue weighted by molar-refractivity contribution is -0.137. The lowest BCUT2D eigenvalue weighted by atomic mass is 10.1. The van der Waals surface area contributed by atoms with Gasteiger partial charge in [0.25, 0.3) is 10.0 Å². The zero-order chi connectivity index (χ0) is 15.9. The van der Waals surface area contributed by atoms with Crippen molar-refractivity contribution in [2.24, 2.45) is 0 Å². The molecule has 1 rings (SSSR count). The van der Waals surface area contributed by atoms with Crippen LogP contribution in [0.2, 0.25) is 0 Å². The zero-order valence-corrected chi connectivity index (χ0v) is 12.6. The number of benzene rings is 1. The Bertz CT molecular complexity index is 592. The van der Waals surface area contributed by atoms with E-state index in [2.05, 4.69) is 0 Å². The number of aryl methyl sites for hydroxylation is 1. The molecule has 6 nitrogen and oxygen atoms in total. The van der Waals surface area contributed by atoms with Gasteiger partial charge in [0, 0.05) is 12.8 Å². The fourth-order valence-electron chi connectivity index (χ4n) is 1.72. The van der Waals surface area contributed by atoms with Crippen molar-refractivity contribution in [2.45, 2.75) is 43.9 Å². The number of hydrogen-bond donors (Lipinski definition) is 2. The first-order valence-electron chi connectivity index (χ1n) is 6.65. The number of carboxylic acid groups (broad SMARTS) is 1. The highest BCUT2D eigenvalue weighted by Gasteiger charge is 2.16. The normalized spacial score (nSPS) is 11.1. The molecule has 0 unspecified atom stereocenters. The van der Waals surface area contributed by atoms with Gasteiger partial charge >= 0.3 is 5.97 Å². The first-order valence-corrected chi connectivity index (χ1v) is 8.14. The Balaban J connectivity index is 2.43. The third-order valence-corrected chi connectivity index (χ3v) is 4.26. The summed E-state index contributed by atoms with van der Waals surface area (Å²) in [5, 5.41) is 8.46. The molecule has 1 aromatic carbocycles. The van der Waals surface area contributed by atoms with E-state index in [0.717, 1.165) is 5.56 Å². The van der Waals surface area contributed by atoms with E-state index in [1.807, 2.05) is 11.6 Å². The van der Waals surface area contributed by atoms with Gasteiger partial charge in [-0.25, -0.2) is 13.1 Å². The van der Waals surface area contributed by atoms with Crippen LogP contribution in [0.1, 0.15) is 37.7 Å². The van der Waals surface area contributed by atoms with Crippen molar-refractivity contribution in [1.29, 1.82) is 0 Å². The van der Waals surface area contributed by atoms with Gasteiger partial charge in [-0.3, -0.25) is 9.59 Å². The van der Waals surface area contributed by atoms with Crippen molar-refractivity contribution < 1.29 is 23.1 Å². The maximum Gasteiger partial charge on any atom is 0.303 e. The van der Waals surface area contributed by atoms with E-state index in [4.69, 9.17) is 5.11 Å². The van der Waals surface area contributed by atoms with E-state index in [1.54, 1.807) is 12.1 Å². The summed E-state index contributed by atoms with van der Waals surface area (Å²) in [4.78, 5) is 21.9. The molecule has 0 heterocycles. The number of unbranched alkanes of at least 4 members (excludes halogenated alkanes) is 2. The van der Waals surface area contributed by atoms with Gasteiger partial charge in [-0.05, 0) is 31.9 Å². The first-order chi connectivity index (χ1) is 9.81. The Kier molecular flexibility index (Phi) is 6.36. The summed E-state index contributed by atoms with van der Waals surface area (Å²) in [7, 11) is -3.83. The molecule has 0 saturated carbocycles. The number of carbonyl (C=O) groups is 2. The van der Waals surface area contributed by atoms with Crippen LogP contribution in [-0.2, 0) is 19.6 Å². The lowest BCUT2D eigenvalue weighted by Crippen LogP contribution is -2.30. The number of aliphatic carboxylic acids is 1. The van der Waals surface area contributed by atoms with Gasteiger partial charge in [0.1, 0.15) is 0 Å².